The highest BCUT2D eigenvalue weighted by atomic mass is 35.5. The second kappa shape index (κ2) is 4.89. The lowest BCUT2D eigenvalue weighted by molar-refractivity contribution is 0.253. The minimum absolute atomic E-state index is 0.278. The normalized spacial score (nSPS) is 9.31. The van der Waals surface area contributed by atoms with Crippen LogP contribution in [0.5, 0.6) is 0 Å². The quantitative estimate of drug-likeness (QED) is 0.750. The molecule has 0 saturated heterocycles. The van der Waals surface area contributed by atoms with Gasteiger partial charge in [0.15, 0.2) is 0 Å². The van der Waals surface area contributed by atoms with Gasteiger partial charge in [-0.1, -0.05) is 17.7 Å². The van der Waals surface area contributed by atoms with Gasteiger partial charge in [-0.25, -0.2) is 4.79 Å². The Morgan fingerprint density at radius 3 is 3.08 bits per heavy atom. The van der Waals surface area contributed by atoms with E-state index in [1.165, 1.54) is 11.3 Å². The molecule has 0 aliphatic heterocycles. The molecule has 0 aliphatic rings. The van der Waals surface area contributed by atoms with E-state index in [1.807, 2.05) is 5.38 Å². The van der Waals surface area contributed by atoms with E-state index in [9.17, 15) is 4.79 Å². The Bertz CT molecular complexity index is 311. The van der Waals surface area contributed by atoms with Crippen molar-refractivity contribution in [1.82, 2.24) is 5.32 Å². The Hall–Kier alpha value is -1.00. The molecule has 1 aromatic rings. The maximum atomic E-state index is 11.1. The van der Waals surface area contributed by atoms with Crippen LogP contribution in [0.15, 0.2) is 24.1 Å². The summed E-state index contributed by atoms with van der Waals surface area (Å²) in [7, 11) is 0. The Balaban J connectivity index is 2.45. The van der Waals surface area contributed by atoms with Crippen molar-refractivity contribution in [1.29, 1.82) is 0 Å². The number of halogens is 1. The van der Waals surface area contributed by atoms with E-state index in [2.05, 4.69) is 17.2 Å². The van der Waals surface area contributed by atoms with Gasteiger partial charge in [-0.05, 0) is 11.4 Å². The number of carbonyl (C=O) groups is 1. The first-order valence-electron chi connectivity index (χ1n) is 3.62. The molecule has 70 valence electrons. The Morgan fingerprint density at radius 2 is 2.54 bits per heavy atom. The molecule has 0 saturated carbocycles. The number of anilines is 1. The molecule has 2 N–H and O–H groups in total. The molecule has 0 unspecified atom stereocenters. The van der Waals surface area contributed by atoms with Crippen LogP contribution in [0.2, 0.25) is 4.34 Å². The summed E-state index contributed by atoms with van der Waals surface area (Å²) in [5.41, 5.74) is 0.633. The standard InChI is InChI=1S/C8H9ClN2OS/c1-2-4-10-8(12)11-6-3-5-13-7(6)9/h2-3,5H,1,4H2,(H2,10,11,12). The highest BCUT2D eigenvalue weighted by molar-refractivity contribution is 7.15. The highest BCUT2D eigenvalue weighted by Crippen LogP contribution is 2.27. The van der Waals surface area contributed by atoms with Crippen molar-refractivity contribution >= 4 is 34.7 Å². The molecule has 0 atom stereocenters. The van der Waals surface area contributed by atoms with Gasteiger partial charge in [0.25, 0.3) is 0 Å². The van der Waals surface area contributed by atoms with Crippen LogP contribution in [-0.4, -0.2) is 12.6 Å². The van der Waals surface area contributed by atoms with Crippen LogP contribution in [0.25, 0.3) is 0 Å². The van der Waals surface area contributed by atoms with E-state index in [-0.39, 0.29) is 6.03 Å². The lowest BCUT2D eigenvalue weighted by Gasteiger charge is -2.03. The molecule has 0 aliphatic carbocycles. The number of nitrogens with one attached hydrogen (secondary N) is 2. The zero-order valence-corrected chi connectivity index (χ0v) is 8.41. The number of hydrogen-bond acceptors (Lipinski definition) is 2. The van der Waals surface area contributed by atoms with Gasteiger partial charge in [0, 0.05) is 6.54 Å². The van der Waals surface area contributed by atoms with Crippen molar-refractivity contribution in [3.8, 4) is 0 Å². The second-order valence-electron chi connectivity index (χ2n) is 2.23. The maximum absolute atomic E-state index is 11.1. The van der Waals surface area contributed by atoms with Gasteiger partial charge in [-0.2, -0.15) is 0 Å². The fourth-order valence-electron chi connectivity index (χ4n) is 0.713. The number of carbonyl (C=O) groups excluding carboxylic acids is 1. The topological polar surface area (TPSA) is 41.1 Å². The third-order valence-corrected chi connectivity index (χ3v) is 2.44. The zero-order chi connectivity index (χ0) is 9.68. The van der Waals surface area contributed by atoms with Crippen LogP contribution in [-0.2, 0) is 0 Å². The van der Waals surface area contributed by atoms with Gasteiger partial charge in [0.1, 0.15) is 4.34 Å². The van der Waals surface area contributed by atoms with E-state index in [1.54, 1.807) is 12.1 Å². The van der Waals surface area contributed by atoms with Gasteiger partial charge in [0.2, 0.25) is 0 Å². The summed E-state index contributed by atoms with van der Waals surface area (Å²) in [5.74, 6) is 0. The van der Waals surface area contributed by atoms with Crippen molar-refractivity contribution in [2.24, 2.45) is 0 Å². The smallest absolute Gasteiger partial charge is 0.319 e. The number of rotatable bonds is 3. The molecule has 5 heteroatoms. The zero-order valence-electron chi connectivity index (χ0n) is 6.84. The lowest BCUT2D eigenvalue weighted by atomic mass is 10.5. The molecular weight excluding hydrogens is 208 g/mol. The Morgan fingerprint density at radius 1 is 1.77 bits per heavy atom. The van der Waals surface area contributed by atoms with Gasteiger partial charge >= 0.3 is 6.03 Å². The van der Waals surface area contributed by atoms with Crippen LogP contribution in [0.1, 0.15) is 0 Å². The summed E-state index contributed by atoms with van der Waals surface area (Å²) in [4.78, 5) is 11.1. The largest absolute Gasteiger partial charge is 0.334 e. The van der Waals surface area contributed by atoms with Crippen LogP contribution in [0.4, 0.5) is 10.5 Å². The summed E-state index contributed by atoms with van der Waals surface area (Å²) < 4.78 is 0.578. The predicted octanol–water partition coefficient (Wildman–Crippen LogP) is 2.71. The second-order valence-corrected chi connectivity index (χ2v) is 3.75. The Labute approximate surface area is 85.4 Å². The van der Waals surface area contributed by atoms with Crippen molar-refractivity contribution < 1.29 is 4.79 Å². The Kier molecular flexibility index (Phi) is 3.79. The summed E-state index contributed by atoms with van der Waals surface area (Å²) in [6.07, 6.45) is 1.61. The van der Waals surface area contributed by atoms with Gasteiger partial charge < -0.3 is 10.6 Å². The van der Waals surface area contributed by atoms with E-state index in [0.29, 0.717) is 16.6 Å². The van der Waals surface area contributed by atoms with E-state index >= 15 is 0 Å². The monoisotopic (exact) mass is 216 g/mol. The minimum atomic E-state index is -0.278. The summed E-state index contributed by atoms with van der Waals surface area (Å²) in [5, 5.41) is 6.99. The molecule has 1 aromatic heterocycles. The third-order valence-electron chi connectivity index (χ3n) is 1.27. The average Bonchev–Trinajstić information content (AvgIpc) is 2.48. The molecule has 3 nitrogen and oxygen atoms in total. The van der Waals surface area contributed by atoms with Crippen LogP contribution in [0, 0.1) is 0 Å². The van der Waals surface area contributed by atoms with E-state index in [4.69, 9.17) is 11.6 Å². The third kappa shape index (κ3) is 3.08. The SMILES string of the molecule is C=CCNC(=O)Nc1ccsc1Cl. The first-order chi connectivity index (χ1) is 6.24. The van der Waals surface area contributed by atoms with E-state index in [0.717, 1.165) is 0 Å². The number of amides is 2. The van der Waals surface area contributed by atoms with Gasteiger partial charge in [-0.3, -0.25) is 0 Å². The van der Waals surface area contributed by atoms with E-state index < -0.39 is 0 Å². The molecule has 1 heterocycles. The van der Waals surface area contributed by atoms with Crippen LogP contribution in [0.3, 0.4) is 0 Å². The summed E-state index contributed by atoms with van der Waals surface area (Å²) in [6.45, 7) is 3.92. The van der Waals surface area contributed by atoms with Crippen molar-refractivity contribution in [2.75, 3.05) is 11.9 Å². The maximum Gasteiger partial charge on any atom is 0.319 e. The highest BCUT2D eigenvalue weighted by Gasteiger charge is 2.04. The molecular formula is C8H9ClN2OS. The van der Waals surface area contributed by atoms with Gasteiger partial charge in [0.05, 0.1) is 5.69 Å². The number of urea groups is 1. The molecule has 1 rings (SSSR count). The fourth-order valence-corrected chi connectivity index (χ4v) is 1.55. The van der Waals surface area contributed by atoms with Crippen LogP contribution < -0.4 is 10.6 Å². The lowest BCUT2D eigenvalue weighted by Crippen LogP contribution is -2.28. The predicted molar refractivity (Wildman–Crippen MR) is 56.5 cm³/mol. The minimum Gasteiger partial charge on any atom is -0.334 e. The van der Waals surface area contributed by atoms with Gasteiger partial charge in [-0.15, -0.1) is 17.9 Å². The average molecular weight is 217 g/mol. The van der Waals surface area contributed by atoms with Crippen LogP contribution >= 0.6 is 22.9 Å². The van der Waals surface area contributed by atoms with Crippen molar-refractivity contribution in [3.05, 3.63) is 28.4 Å². The number of hydrogen-bond donors (Lipinski definition) is 2. The molecule has 13 heavy (non-hydrogen) atoms. The molecule has 0 aromatic carbocycles. The molecule has 2 amide bonds. The first kappa shape index (κ1) is 10.1. The number of thiophene rings is 1. The van der Waals surface area contributed by atoms with Crippen molar-refractivity contribution in [3.63, 3.8) is 0 Å². The molecule has 0 spiro atoms. The molecule has 0 bridgehead atoms. The van der Waals surface area contributed by atoms with Crippen molar-refractivity contribution in [2.45, 2.75) is 0 Å². The summed E-state index contributed by atoms with van der Waals surface area (Å²) in [6, 6.07) is 1.47. The fraction of sp³-hybridized carbons (Fsp3) is 0.125. The first-order valence-corrected chi connectivity index (χ1v) is 4.88. The molecule has 0 fully saturated rings. The summed E-state index contributed by atoms with van der Waals surface area (Å²) >= 11 is 7.15. The molecule has 0 radical (unpaired) electrons.